The van der Waals surface area contributed by atoms with Crippen LogP contribution in [0.25, 0.3) is 11.1 Å². The maximum atomic E-state index is 6.14. The van der Waals surface area contributed by atoms with Gasteiger partial charge >= 0.3 is 0 Å². The summed E-state index contributed by atoms with van der Waals surface area (Å²) in [5, 5.41) is 0.643. The fraction of sp³-hybridized carbons (Fsp3) is 0.133. The number of hydrogen-bond acceptors (Lipinski definition) is 3. The number of nitrogens with zero attached hydrogens (tertiary/aromatic N) is 1. The van der Waals surface area contributed by atoms with E-state index in [2.05, 4.69) is 4.98 Å². The second kappa shape index (κ2) is 5.03. The molecule has 3 rings (SSSR count). The van der Waals surface area contributed by atoms with Gasteiger partial charge in [0, 0.05) is 5.02 Å². The summed E-state index contributed by atoms with van der Waals surface area (Å²) < 4.78 is 5.66. The van der Waals surface area contributed by atoms with Crippen molar-refractivity contribution in [2.75, 3.05) is 0 Å². The molecule has 19 heavy (non-hydrogen) atoms. The molecular formula is C15H13ClN2O. The van der Waals surface area contributed by atoms with Crippen LogP contribution in [-0.4, -0.2) is 4.98 Å². The van der Waals surface area contributed by atoms with Crippen LogP contribution >= 0.6 is 11.6 Å². The van der Waals surface area contributed by atoms with Crippen LogP contribution in [0.3, 0.4) is 0 Å². The lowest BCUT2D eigenvalue weighted by Gasteiger charge is -2.06. The van der Waals surface area contributed by atoms with E-state index in [-0.39, 0.29) is 6.04 Å². The van der Waals surface area contributed by atoms with Gasteiger partial charge in [0.2, 0.25) is 5.89 Å². The van der Waals surface area contributed by atoms with Crippen LogP contribution in [-0.2, 0) is 6.42 Å². The molecule has 2 aromatic carbocycles. The van der Waals surface area contributed by atoms with Crippen molar-refractivity contribution in [1.29, 1.82) is 0 Å². The Morgan fingerprint density at radius 1 is 1.16 bits per heavy atom. The number of halogens is 1. The molecule has 4 heteroatoms. The Labute approximate surface area is 116 Å². The lowest BCUT2D eigenvalue weighted by Crippen LogP contribution is -2.13. The van der Waals surface area contributed by atoms with E-state index in [1.807, 2.05) is 36.4 Å². The molecule has 0 bridgehead atoms. The van der Waals surface area contributed by atoms with Crippen molar-refractivity contribution < 1.29 is 4.42 Å². The van der Waals surface area contributed by atoms with Crippen molar-refractivity contribution in [3.05, 3.63) is 65.0 Å². The van der Waals surface area contributed by atoms with Gasteiger partial charge in [-0.1, -0.05) is 41.9 Å². The predicted molar refractivity (Wildman–Crippen MR) is 76.1 cm³/mol. The number of oxazole rings is 1. The summed E-state index contributed by atoms with van der Waals surface area (Å²) in [7, 11) is 0. The first-order valence-electron chi connectivity index (χ1n) is 6.08. The van der Waals surface area contributed by atoms with Crippen LogP contribution in [0.2, 0.25) is 5.02 Å². The number of aromatic nitrogens is 1. The number of hydrogen-bond donors (Lipinski definition) is 1. The molecule has 96 valence electrons. The van der Waals surface area contributed by atoms with Crippen LogP contribution in [0.5, 0.6) is 0 Å². The standard InChI is InChI=1S/C15H13ClN2O/c16-11-6-7-14-13(9-11)18-15(19-14)12(17)8-10-4-2-1-3-5-10/h1-7,9,12H,8,17H2. The molecule has 3 nitrogen and oxygen atoms in total. The zero-order valence-electron chi connectivity index (χ0n) is 10.2. The Kier molecular flexibility index (Phi) is 3.23. The number of benzene rings is 2. The van der Waals surface area contributed by atoms with Crippen LogP contribution in [0, 0.1) is 0 Å². The minimum absolute atomic E-state index is 0.256. The van der Waals surface area contributed by atoms with Gasteiger partial charge in [-0.25, -0.2) is 4.98 Å². The molecule has 0 spiro atoms. The summed E-state index contributed by atoms with van der Waals surface area (Å²) in [5.41, 5.74) is 8.75. The molecule has 2 N–H and O–H groups in total. The molecule has 1 atom stereocenters. The second-order valence-corrected chi connectivity index (χ2v) is 4.90. The minimum Gasteiger partial charge on any atom is -0.439 e. The van der Waals surface area contributed by atoms with E-state index in [1.165, 1.54) is 0 Å². The lowest BCUT2D eigenvalue weighted by atomic mass is 10.1. The molecule has 0 aliphatic heterocycles. The molecule has 0 aliphatic carbocycles. The molecule has 0 fully saturated rings. The highest BCUT2D eigenvalue weighted by Gasteiger charge is 2.14. The van der Waals surface area contributed by atoms with Crippen LogP contribution in [0.15, 0.2) is 52.9 Å². The average Bonchev–Trinajstić information content (AvgIpc) is 2.83. The average molecular weight is 273 g/mol. The molecule has 0 saturated heterocycles. The zero-order valence-corrected chi connectivity index (χ0v) is 11.0. The first kappa shape index (κ1) is 12.2. The van der Waals surface area contributed by atoms with Gasteiger partial charge in [0.25, 0.3) is 0 Å². The lowest BCUT2D eigenvalue weighted by molar-refractivity contribution is 0.474. The van der Waals surface area contributed by atoms with Gasteiger partial charge in [-0.05, 0) is 30.2 Å². The Balaban J connectivity index is 1.87. The molecule has 0 radical (unpaired) electrons. The smallest absolute Gasteiger partial charge is 0.212 e. The second-order valence-electron chi connectivity index (χ2n) is 4.46. The van der Waals surface area contributed by atoms with Gasteiger partial charge < -0.3 is 10.2 Å². The normalized spacial score (nSPS) is 12.7. The Bertz CT molecular complexity index is 694. The molecule has 1 aromatic heterocycles. The van der Waals surface area contributed by atoms with E-state index >= 15 is 0 Å². The van der Waals surface area contributed by atoms with E-state index in [1.54, 1.807) is 12.1 Å². The van der Waals surface area contributed by atoms with E-state index in [4.69, 9.17) is 21.8 Å². The molecular weight excluding hydrogens is 260 g/mol. The van der Waals surface area contributed by atoms with Crippen molar-refractivity contribution in [2.45, 2.75) is 12.5 Å². The van der Waals surface area contributed by atoms with Crippen molar-refractivity contribution >= 4 is 22.7 Å². The quantitative estimate of drug-likeness (QED) is 0.790. The first-order valence-corrected chi connectivity index (χ1v) is 6.45. The van der Waals surface area contributed by atoms with Crippen molar-refractivity contribution in [3.8, 4) is 0 Å². The number of fused-ring (bicyclic) bond motifs is 1. The van der Waals surface area contributed by atoms with Crippen LogP contribution in [0.1, 0.15) is 17.5 Å². The monoisotopic (exact) mass is 272 g/mol. The highest BCUT2D eigenvalue weighted by Crippen LogP contribution is 2.23. The van der Waals surface area contributed by atoms with Gasteiger partial charge in [-0.3, -0.25) is 0 Å². The summed E-state index contributed by atoms with van der Waals surface area (Å²) in [4.78, 5) is 4.39. The molecule has 0 amide bonds. The van der Waals surface area contributed by atoms with Crippen molar-refractivity contribution in [3.63, 3.8) is 0 Å². The summed E-state index contributed by atoms with van der Waals surface area (Å²) in [6.45, 7) is 0. The van der Waals surface area contributed by atoms with Crippen LogP contribution in [0.4, 0.5) is 0 Å². The first-order chi connectivity index (χ1) is 9.22. The van der Waals surface area contributed by atoms with Crippen LogP contribution < -0.4 is 5.73 Å². The van der Waals surface area contributed by atoms with E-state index in [9.17, 15) is 0 Å². The maximum absolute atomic E-state index is 6.14. The Morgan fingerprint density at radius 2 is 1.95 bits per heavy atom. The van der Waals surface area contributed by atoms with E-state index < -0.39 is 0 Å². The third kappa shape index (κ3) is 2.62. The van der Waals surface area contributed by atoms with E-state index in [0.717, 1.165) is 11.1 Å². The van der Waals surface area contributed by atoms with Gasteiger partial charge in [0.05, 0.1) is 6.04 Å². The summed E-state index contributed by atoms with van der Waals surface area (Å²) in [6.07, 6.45) is 0.696. The largest absolute Gasteiger partial charge is 0.439 e. The maximum Gasteiger partial charge on any atom is 0.212 e. The predicted octanol–water partition coefficient (Wildman–Crippen LogP) is 3.72. The Morgan fingerprint density at radius 3 is 2.74 bits per heavy atom. The van der Waals surface area contributed by atoms with Gasteiger partial charge in [-0.15, -0.1) is 0 Å². The van der Waals surface area contributed by atoms with Crippen molar-refractivity contribution in [2.24, 2.45) is 5.73 Å². The van der Waals surface area contributed by atoms with Gasteiger partial charge in [-0.2, -0.15) is 0 Å². The fourth-order valence-electron chi connectivity index (χ4n) is 2.03. The van der Waals surface area contributed by atoms with Gasteiger partial charge in [0.1, 0.15) is 5.52 Å². The summed E-state index contributed by atoms with van der Waals surface area (Å²) in [5.74, 6) is 0.543. The van der Waals surface area contributed by atoms with Crippen molar-refractivity contribution in [1.82, 2.24) is 4.98 Å². The molecule has 1 unspecified atom stereocenters. The topological polar surface area (TPSA) is 52.0 Å². The van der Waals surface area contributed by atoms with Gasteiger partial charge in [0.15, 0.2) is 5.58 Å². The minimum atomic E-state index is -0.256. The zero-order chi connectivity index (χ0) is 13.2. The number of rotatable bonds is 3. The highest BCUT2D eigenvalue weighted by molar-refractivity contribution is 6.31. The highest BCUT2D eigenvalue weighted by atomic mass is 35.5. The summed E-state index contributed by atoms with van der Waals surface area (Å²) in [6, 6.07) is 15.2. The third-order valence-corrected chi connectivity index (χ3v) is 3.22. The SMILES string of the molecule is NC(Cc1ccccc1)c1nc2cc(Cl)ccc2o1. The number of nitrogens with two attached hydrogens (primary N) is 1. The third-order valence-electron chi connectivity index (χ3n) is 2.98. The molecule has 0 aliphatic rings. The fourth-order valence-corrected chi connectivity index (χ4v) is 2.20. The van der Waals surface area contributed by atoms with E-state index in [0.29, 0.717) is 22.9 Å². The molecule has 1 heterocycles. The molecule has 0 saturated carbocycles. The summed E-state index contributed by atoms with van der Waals surface area (Å²) >= 11 is 5.92. The molecule has 3 aromatic rings. The Hall–Kier alpha value is -1.84.